The Morgan fingerprint density at radius 2 is 1.62 bits per heavy atom. The first-order valence-electron chi connectivity index (χ1n) is 10.0. The number of anilines is 1. The van der Waals surface area contributed by atoms with E-state index in [1.165, 1.54) is 12.1 Å². The van der Waals surface area contributed by atoms with Crippen LogP contribution in [0.25, 0.3) is 0 Å². The van der Waals surface area contributed by atoms with Crippen LogP contribution in [0.4, 0.5) is 5.69 Å². The second kappa shape index (κ2) is 10.3. The Bertz CT molecular complexity index is 1050. The van der Waals surface area contributed by atoms with Gasteiger partial charge in [-0.15, -0.1) is 23.2 Å². The summed E-state index contributed by atoms with van der Waals surface area (Å²) in [4.78, 5) is 36.9. The Kier molecular flexibility index (Phi) is 8.16. The summed E-state index contributed by atoms with van der Waals surface area (Å²) in [5, 5.41) is 3.87. The van der Waals surface area contributed by atoms with Crippen molar-refractivity contribution in [3.63, 3.8) is 0 Å². The molecule has 0 heterocycles. The van der Waals surface area contributed by atoms with Crippen LogP contribution < -0.4 is 5.32 Å². The van der Waals surface area contributed by atoms with Crippen molar-refractivity contribution in [3.8, 4) is 0 Å². The van der Waals surface area contributed by atoms with Crippen LogP contribution in [0.15, 0.2) is 36.4 Å². The summed E-state index contributed by atoms with van der Waals surface area (Å²) in [6.45, 7) is 1.79. The fraction of sp³-hybridized carbons (Fsp3) is 0.348. The molecule has 0 aliphatic heterocycles. The highest BCUT2D eigenvalue weighted by Crippen LogP contribution is 2.65. The number of halogens is 5. The van der Waals surface area contributed by atoms with Gasteiger partial charge >= 0.3 is 0 Å². The minimum absolute atomic E-state index is 0.107. The number of amides is 1. The largest absolute Gasteiger partial charge is 0.326 e. The van der Waals surface area contributed by atoms with E-state index in [1.807, 2.05) is 0 Å². The molecule has 4 nitrogen and oxygen atoms in total. The molecule has 0 aromatic heterocycles. The monoisotopic (exact) mass is 533 g/mol. The van der Waals surface area contributed by atoms with Gasteiger partial charge in [-0.1, -0.05) is 41.7 Å². The summed E-state index contributed by atoms with van der Waals surface area (Å²) in [5.41, 5.74) is 1.35. The van der Waals surface area contributed by atoms with Crippen LogP contribution in [-0.4, -0.2) is 21.8 Å². The second-order valence-electron chi connectivity index (χ2n) is 7.69. The van der Waals surface area contributed by atoms with E-state index in [1.54, 1.807) is 31.2 Å². The van der Waals surface area contributed by atoms with Crippen molar-refractivity contribution in [3.05, 3.63) is 62.6 Å². The van der Waals surface area contributed by atoms with Gasteiger partial charge in [0.15, 0.2) is 5.78 Å². The molecule has 32 heavy (non-hydrogen) atoms. The van der Waals surface area contributed by atoms with E-state index in [4.69, 9.17) is 58.0 Å². The van der Waals surface area contributed by atoms with Crippen molar-refractivity contribution in [1.29, 1.82) is 0 Å². The molecule has 1 aliphatic carbocycles. The topological polar surface area (TPSA) is 63.2 Å². The lowest BCUT2D eigenvalue weighted by atomic mass is 10.0. The van der Waals surface area contributed by atoms with Crippen LogP contribution in [0.3, 0.4) is 0 Å². The number of nitrogens with one attached hydrogen (secondary N) is 1. The number of benzene rings is 2. The molecule has 0 radical (unpaired) electrons. The quantitative estimate of drug-likeness (QED) is 0.267. The van der Waals surface area contributed by atoms with Gasteiger partial charge in [-0.25, -0.2) is 0 Å². The van der Waals surface area contributed by atoms with Crippen LogP contribution in [0.2, 0.25) is 15.1 Å². The average molecular weight is 536 g/mol. The van der Waals surface area contributed by atoms with Gasteiger partial charge in [0.2, 0.25) is 5.91 Å². The van der Waals surface area contributed by atoms with Gasteiger partial charge in [-0.05, 0) is 48.4 Å². The molecule has 0 saturated heterocycles. The van der Waals surface area contributed by atoms with Crippen LogP contribution in [0.1, 0.15) is 54.4 Å². The van der Waals surface area contributed by atoms with E-state index in [0.29, 0.717) is 40.6 Å². The molecule has 2 aromatic rings. The number of hydrogen-bond donors (Lipinski definition) is 1. The molecule has 1 amide bonds. The van der Waals surface area contributed by atoms with Gasteiger partial charge in [0.1, 0.15) is 10.1 Å². The molecule has 1 fully saturated rings. The standard InChI is InChI=1S/C23H20Cl5NO3/c1-2-16(30)4-3-5-19(31)17-11-15(6-7-18(17)26)29-22(32)21-20(23(21,27)28)12-8-13(24)10-14(25)9-12/h6-11,20-21H,2-5H2,1H3,(H,29,32). The van der Waals surface area contributed by atoms with Crippen molar-refractivity contribution < 1.29 is 14.4 Å². The minimum Gasteiger partial charge on any atom is -0.326 e. The Morgan fingerprint density at radius 3 is 2.25 bits per heavy atom. The van der Waals surface area contributed by atoms with E-state index in [2.05, 4.69) is 5.32 Å². The molecule has 2 unspecified atom stereocenters. The van der Waals surface area contributed by atoms with E-state index >= 15 is 0 Å². The normalized spacial score (nSPS) is 18.8. The number of Topliss-reactive ketones (excluding diaryl/α,β-unsaturated/α-hetero) is 2. The van der Waals surface area contributed by atoms with Gasteiger partial charge in [-0.3, -0.25) is 14.4 Å². The number of ketones is 2. The molecule has 2 atom stereocenters. The van der Waals surface area contributed by atoms with Crippen molar-refractivity contribution >= 4 is 81.2 Å². The highest BCUT2D eigenvalue weighted by Gasteiger charge is 2.67. The first kappa shape index (κ1) is 25.3. The molecular formula is C23H20Cl5NO3. The lowest BCUT2D eigenvalue weighted by molar-refractivity contribution is -0.119. The minimum atomic E-state index is -1.31. The summed E-state index contributed by atoms with van der Waals surface area (Å²) in [6.07, 6.45) is 1.43. The van der Waals surface area contributed by atoms with Crippen LogP contribution >= 0.6 is 58.0 Å². The molecule has 0 spiro atoms. The molecule has 3 rings (SSSR count). The number of carbonyl (C=O) groups is 3. The number of alkyl halides is 2. The Balaban J connectivity index is 1.70. The predicted molar refractivity (Wildman–Crippen MR) is 131 cm³/mol. The van der Waals surface area contributed by atoms with Crippen molar-refractivity contribution in [2.75, 3.05) is 5.32 Å². The fourth-order valence-corrected chi connectivity index (χ4v) is 5.21. The molecule has 170 valence electrons. The number of rotatable bonds is 9. The second-order valence-corrected chi connectivity index (χ2v) is 10.4. The van der Waals surface area contributed by atoms with Gasteiger partial charge in [-0.2, -0.15) is 0 Å². The third kappa shape index (κ3) is 5.78. The van der Waals surface area contributed by atoms with Gasteiger partial charge in [0, 0.05) is 46.5 Å². The van der Waals surface area contributed by atoms with Crippen molar-refractivity contribution in [2.45, 2.75) is 42.9 Å². The van der Waals surface area contributed by atoms with Gasteiger partial charge in [0.25, 0.3) is 0 Å². The van der Waals surface area contributed by atoms with Crippen LogP contribution in [0, 0.1) is 5.92 Å². The number of carbonyl (C=O) groups excluding carboxylic acids is 3. The molecule has 1 N–H and O–H groups in total. The van der Waals surface area contributed by atoms with Crippen LogP contribution in [-0.2, 0) is 9.59 Å². The maximum absolute atomic E-state index is 12.9. The molecule has 1 saturated carbocycles. The van der Waals surface area contributed by atoms with Gasteiger partial charge < -0.3 is 5.32 Å². The maximum atomic E-state index is 12.9. The molecule has 9 heteroatoms. The van der Waals surface area contributed by atoms with E-state index in [9.17, 15) is 14.4 Å². The summed E-state index contributed by atoms with van der Waals surface area (Å²) < 4.78 is -1.31. The zero-order valence-corrected chi connectivity index (χ0v) is 20.8. The van der Waals surface area contributed by atoms with Crippen LogP contribution in [0.5, 0.6) is 0 Å². The maximum Gasteiger partial charge on any atom is 0.231 e. The number of hydrogen-bond acceptors (Lipinski definition) is 3. The SMILES string of the molecule is CCC(=O)CCCC(=O)c1cc(NC(=O)C2C(c3cc(Cl)cc(Cl)c3)C2(Cl)Cl)ccc1Cl. The molecule has 2 aromatic carbocycles. The van der Waals surface area contributed by atoms with E-state index in [-0.39, 0.29) is 28.6 Å². The zero-order valence-electron chi connectivity index (χ0n) is 17.1. The van der Waals surface area contributed by atoms with E-state index in [0.717, 1.165) is 0 Å². The first-order chi connectivity index (χ1) is 15.0. The summed E-state index contributed by atoms with van der Waals surface area (Å²) in [5.74, 6) is -1.69. The molecular weight excluding hydrogens is 516 g/mol. The Morgan fingerprint density at radius 1 is 0.969 bits per heavy atom. The first-order valence-corrected chi connectivity index (χ1v) is 11.9. The van der Waals surface area contributed by atoms with Crippen molar-refractivity contribution in [2.24, 2.45) is 5.92 Å². The molecule has 0 bridgehead atoms. The predicted octanol–water partition coefficient (Wildman–Crippen LogP) is 7.50. The van der Waals surface area contributed by atoms with Gasteiger partial charge in [0.05, 0.1) is 10.9 Å². The highest BCUT2D eigenvalue weighted by molar-refractivity contribution is 6.53. The Labute approximate surface area is 211 Å². The molecule has 1 aliphatic rings. The summed E-state index contributed by atoms with van der Waals surface area (Å²) in [6, 6.07) is 9.58. The smallest absolute Gasteiger partial charge is 0.231 e. The fourth-order valence-electron chi connectivity index (χ4n) is 3.62. The lowest BCUT2D eigenvalue weighted by Crippen LogP contribution is -2.17. The summed E-state index contributed by atoms with van der Waals surface area (Å²) >= 11 is 31.1. The van der Waals surface area contributed by atoms with E-state index < -0.39 is 22.1 Å². The van der Waals surface area contributed by atoms with Crippen molar-refractivity contribution in [1.82, 2.24) is 0 Å². The third-order valence-electron chi connectivity index (χ3n) is 5.37. The zero-order chi connectivity index (χ0) is 23.6. The summed E-state index contributed by atoms with van der Waals surface area (Å²) in [7, 11) is 0. The third-order valence-corrected chi connectivity index (χ3v) is 7.07. The lowest BCUT2D eigenvalue weighted by Gasteiger charge is -2.09. The highest BCUT2D eigenvalue weighted by atomic mass is 35.5. The Hall–Kier alpha value is -1.30. The average Bonchev–Trinajstić information content (AvgIpc) is 3.30.